The Morgan fingerprint density at radius 2 is 2.33 bits per heavy atom. The van der Waals surface area contributed by atoms with Crippen LogP contribution in [0.2, 0.25) is 0 Å². The Balaban J connectivity index is 1.75. The largest absolute Gasteiger partial charge is 0.383 e. The topological polar surface area (TPSA) is 29.9 Å². The number of rotatable bonds is 4. The first kappa shape index (κ1) is 11.7. The van der Waals surface area contributed by atoms with E-state index in [0.29, 0.717) is 0 Å². The van der Waals surface area contributed by atoms with Crippen molar-refractivity contribution in [3.63, 3.8) is 0 Å². The molecule has 3 rings (SSSR count). The summed E-state index contributed by atoms with van der Waals surface area (Å²) in [7, 11) is 0. The van der Waals surface area contributed by atoms with Crippen LogP contribution in [-0.4, -0.2) is 27.6 Å². The number of thioether (sulfide) groups is 1. The van der Waals surface area contributed by atoms with E-state index in [-0.39, 0.29) is 0 Å². The summed E-state index contributed by atoms with van der Waals surface area (Å²) >= 11 is 2.06. The van der Waals surface area contributed by atoms with E-state index in [1.807, 2.05) is 23.3 Å². The van der Waals surface area contributed by atoms with Gasteiger partial charge in [0.05, 0.1) is 17.7 Å². The van der Waals surface area contributed by atoms with Crippen molar-refractivity contribution in [1.82, 2.24) is 9.55 Å². The van der Waals surface area contributed by atoms with Crippen LogP contribution in [0.3, 0.4) is 0 Å². The van der Waals surface area contributed by atoms with E-state index in [0.717, 1.165) is 12.5 Å². The Kier molecular flexibility index (Phi) is 3.55. The molecule has 1 N–H and O–H groups in total. The predicted molar refractivity (Wildman–Crippen MR) is 77.5 cm³/mol. The molecule has 94 valence electrons. The molecular weight excluding hydrogens is 242 g/mol. The number of imidazole rings is 1. The van der Waals surface area contributed by atoms with Crippen LogP contribution in [0.4, 0.5) is 5.69 Å². The standard InChI is InChI=1S/C14H17N3S/c1-2-4-14(17-7-6-15-11-17)13(3-1)16-9-12-5-8-18-10-12/h1-4,6-7,11-12,16H,5,8-10H2. The van der Waals surface area contributed by atoms with Gasteiger partial charge in [-0.25, -0.2) is 4.98 Å². The molecule has 0 radical (unpaired) electrons. The Bertz CT molecular complexity index is 490. The van der Waals surface area contributed by atoms with Crippen LogP contribution in [0.1, 0.15) is 6.42 Å². The number of benzene rings is 1. The Labute approximate surface area is 112 Å². The molecule has 1 unspecified atom stereocenters. The highest BCUT2D eigenvalue weighted by atomic mass is 32.2. The van der Waals surface area contributed by atoms with Gasteiger partial charge in [0, 0.05) is 18.9 Å². The third-order valence-corrected chi connectivity index (χ3v) is 4.52. The minimum atomic E-state index is 0.811. The van der Waals surface area contributed by atoms with Crippen LogP contribution in [0.15, 0.2) is 43.0 Å². The molecule has 1 aliphatic rings. The lowest BCUT2D eigenvalue weighted by molar-refractivity contribution is 0.631. The first-order chi connectivity index (χ1) is 8.93. The van der Waals surface area contributed by atoms with E-state index in [1.165, 1.54) is 29.3 Å². The van der Waals surface area contributed by atoms with Crippen LogP contribution in [0.25, 0.3) is 5.69 Å². The maximum Gasteiger partial charge on any atom is 0.0992 e. The normalized spacial score (nSPS) is 19.0. The average Bonchev–Trinajstić information content (AvgIpc) is 3.10. The third-order valence-electron chi connectivity index (χ3n) is 3.29. The van der Waals surface area contributed by atoms with Crippen molar-refractivity contribution in [3.8, 4) is 5.69 Å². The Morgan fingerprint density at radius 3 is 3.11 bits per heavy atom. The van der Waals surface area contributed by atoms with E-state index in [1.54, 1.807) is 0 Å². The Hall–Kier alpha value is -1.42. The zero-order valence-corrected chi connectivity index (χ0v) is 11.1. The first-order valence-electron chi connectivity index (χ1n) is 6.32. The van der Waals surface area contributed by atoms with Crippen molar-refractivity contribution in [3.05, 3.63) is 43.0 Å². The number of para-hydroxylation sites is 2. The zero-order chi connectivity index (χ0) is 12.2. The van der Waals surface area contributed by atoms with E-state index in [2.05, 4.69) is 46.3 Å². The number of nitrogens with one attached hydrogen (secondary N) is 1. The number of nitrogens with zero attached hydrogens (tertiary/aromatic N) is 2. The molecule has 0 spiro atoms. The number of aromatic nitrogens is 2. The van der Waals surface area contributed by atoms with E-state index in [9.17, 15) is 0 Å². The van der Waals surface area contributed by atoms with Crippen molar-refractivity contribution < 1.29 is 0 Å². The number of hydrogen-bond donors (Lipinski definition) is 1. The zero-order valence-electron chi connectivity index (χ0n) is 10.2. The van der Waals surface area contributed by atoms with E-state index in [4.69, 9.17) is 0 Å². The highest BCUT2D eigenvalue weighted by Gasteiger charge is 2.15. The minimum absolute atomic E-state index is 0.811. The second-order valence-corrected chi connectivity index (χ2v) is 5.75. The monoisotopic (exact) mass is 259 g/mol. The van der Waals surface area contributed by atoms with Crippen LogP contribution < -0.4 is 5.32 Å². The highest BCUT2D eigenvalue weighted by molar-refractivity contribution is 7.99. The fourth-order valence-electron chi connectivity index (χ4n) is 2.25. The van der Waals surface area contributed by atoms with Gasteiger partial charge in [-0.2, -0.15) is 11.8 Å². The molecular formula is C14H17N3S. The lowest BCUT2D eigenvalue weighted by Gasteiger charge is -2.15. The molecule has 2 heterocycles. The lowest BCUT2D eigenvalue weighted by Crippen LogP contribution is -2.14. The van der Waals surface area contributed by atoms with Gasteiger partial charge in [-0.05, 0) is 36.0 Å². The minimum Gasteiger partial charge on any atom is -0.383 e. The summed E-state index contributed by atoms with van der Waals surface area (Å²) in [6, 6.07) is 8.39. The predicted octanol–water partition coefficient (Wildman–Crippen LogP) is 3.04. The first-order valence-corrected chi connectivity index (χ1v) is 7.48. The van der Waals surface area contributed by atoms with Crippen molar-refractivity contribution >= 4 is 17.4 Å². The second kappa shape index (κ2) is 5.48. The molecule has 0 bridgehead atoms. The average molecular weight is 259 g/mol. The lowest BCUT2D eigenvalue weighted by atomic mass is 10.1. The molecule has 1 fully saturated rings. The van der Waals surface area contributed by atoms with Gasteiger partial charge in [0.1, 0.15) is 0 Å². The van der Waals surface area contributed by atoms with Crippen molar-refractivity contribution in [1.29, 1.82) is 0 Å². The fraction of sp³-hybridized carbons (Fsp3) is 0.357. The molecule has 0 amide bonds. The SMILES string of the molecule is c1ccc(-n2ccnc2)c(NCC2CCSC2)c1. The Morgan fingerprint density at radius 1 is 1.39 bits per heavy atom. The van der Waals surface area contributed by atoms with Gasteiger partial charge in [-0.3, -0.25) is 0 Å². The van der Waals surface area contributed by atoms with Gasteiger partial charge in [-0.1, -0.05) is 12.1 Å². The smallest absolute Gasteiger partial charge is 0.0992 e. The molecule has 1 aromatic heterocycles. The summed E-state index contributed by atoms with van der Waals surface area (Å²) in [4.78, 5) is 4.11. The molecule has 2 aromatic rings. The van der Waals surface area contributed by atoms with Crippen LogP contribution in [0.5, 0.6) is 0 Å². The van der Waals surface area contributed by atoms with Crippen molar-refractivity contribution in [2.24, 2.45) is 5.92 Å². The molecule has 1 aliphatic heterocycles. The molecule has 0 aliphatic carbocycles. The summed E-state index contributed by atoms with van der Waals surface area (Å²) in [6.07, 6.45) is 6.97. The summed E-state index contributed by atoms with van der Waals surface area (Å²) in [6.45, 7) is 1.07. The summed E-state index contributed by atoms with van der Waals surface area (Å²) in [5, 5.41) is 3.58. The molecule has 4 heteroatoms. The molecule has 3 nitrogen and oxygen atoms in total. The highest BCUT2D eigenvalue weighted by Crippen LogP contribution is 2.25. The molecule has 1 saturated heterocycles. The van der Waals surface area contributed by atoms with Crippen LogP contribution in [-0.2, 0) is 0 Å². The van der Waals surface area contributed by atoms with Gasteiger partial charge in [0.15, 0.2) is 0 Å². The third kappa shape index (κ3) is 2.53. The summed E-state index contributed by atoms with van der Waals surface area (Å²) < 4.78 is 2.05. The second-order valence-electron chi connectivity index (χ2n) is 4.60. The van der Waals surface area contributed by atoms with Gasteiger partial charge < -0.3 is 9.88 Å². The van der Waals surface area contributed by atoms with E-state index < -0.39 is 0 Å². The molecule has 0 saturated carbocycles. The van der Waals surface area contributed by atoms with E-state index >= 15 is 0 Å². The quantitative estimate of drug-likeness (QED) is 0.915. The van der Waals surface area contributed by atoms with Gasteiger partial charge in [0.2, 0.25) is 0 Å². The maximum absolute atomic E-state index is 4.11. The van der Waals surface area contributed by atoms with Crippen molar-refractivity contribution in [2.75, 3.05) is 23.4 Å². The van der Waals surface area contributed by atoms with Gasteiger partial charge >= 0.3 is 0 Å². The molecule has 1 atom stereocenters. The molecule has 1 aromatic carbocycles. The molecule has 18 heavy (non-hydrogen) atoms. The van der Waals surface area contributed by atoms with Gasteiger partial charge in [0.25, 0.3) is 0 Å². The maximum atomic E-state index is 4.11. The fourth-order valence-corrected chi connectivity index (χ4v) is 3.53. The van der Waals surface area contributed by atoms with Crippen molar-refractivity contribution in [2.45, 2.75) is 6.42 Å². The van der Waals surface area contributed by atoms with Gasteiger partial charge in [-0.15, -0.1) is 0 Å². The summed E-state index contributed by atoms with van der Waals surface area (Å²) in [5.41, 5.74) is 2.35. The number of hydrogen-bond acceptors (Lipinski definition) is 3. The van der Waals surface area contributed by atoms with Crippen LogP contribution >= 0.6 is 11.8 Å². The summed E-state index contributed by atoms with van der Waals surface area (Å²) in [5.74, 6) is 3.42. The number of anilines is 1. The van der Waals surface area contributed by atoms with Crippen LogP contribution in [0, 0.1) is 5.92 Å².